The third kappa shape index (κ3) is 3.75. The number of para-hydroxylation sites is 1. The predicted molar refractivity (Wildman–Crippen MR) is 93.5 cm³/mol. The van der Waals surface area contributed by atoms with Crippen molar-refractivity contribution in [3.05, 3.63) is 54.2 Å². The van der Waals surface area contributed by atoms with E-state index in [0.717, 1.165) is 0 Å². The lowest BCUT2D eigenvalue weighted by Crippen LogP contribution is -2.46. The molecule has 0 radical (unpaired) electrons. The van der Waals surface area contributed by atoms with Gasteiger partial charge in [0.2, 0.25) is 5.82 Å². The van der Waals surface area contributed by atoms with E-state index in [1.54, 1.807) is 17.6 Å². The molecule has 0 saturated carbocycles. The van der Waals surface area contributed by atoms with Crippen LogP contribution in [-0.2, 0) is 13.1 Å². The molecule has 0 fully saturated rings. The van der Waals surface area contributed by atoms with Crippen molar-refractivity contribution in [2.24, 2.45) is 0 Å². The monoisotopic (exact) mass is 404 g/mol. The van der Waals surface area contributed by atoms with Gasteiger partial charge in [0.05, 0.1) is 12.7 Å². The molecule has 1 amide bonds. The Morgan fingerprint density at radius 2 is 1.93 bits per heavy atom. The zero-order chi connectivity index (χ0) is 20.6. The van der Waals surface area contributed by atoms with Crippen LogP contribution in [0.4, 0.5) is 13.2 Å². The average molecular weight is 404 g/mol. The Balaban J connectivity index is 1.63. The Kier molecular flexibility index (Phi) is 4.65. The fraction of sp³-hybridized carbons (Fsp3) is 0.278. The molecule has 0 spiro atoms. The average Bonchev–Trinajstić information content (AvgIpc) is 3.10. The molecule has 11 heteroatoms. The van der Waals surface area contributed by atoms with Crippen molar-refractivity contribution in [2.75, 3.05) is 0 Å². The van der Waals surface area contributed by atoms with Gasteiger partial charge in [-0.05, 0) is 13.0 Å². The molecule has 1 aliphatic rings. The van der Waals surface area contributed by atoms with Crippen molar-refractivity contribution in [3.8, 4) is 17.3 Å². The van der Waals surface area contributed by atoms with E-state index in [0.29, 0.717) is 18.1 Å². The molecule has 150 valence electrons. The molecule has 0 aliphatic carbocycles. The first-order chi connectivity index (χ1) is 13.8. The van der Waals surface area contributed by atoms with E-state index in [1.807, 2.05) is 0 Å². The van der Waals surface area contributed by atoms with Crippen LogP contribution in [0.15, 0.2) is 42.9 Å². The minimum Gasteiger partial charge on any atom is -0.405 e. The third-order valence-electron chi connectivity index (χ3n) is 4.51. The molecule has 0 bridgehead atoms. The number of ether oxygens (including phenoxy) is 1. The van der Waals surface area contributed by atoms with Gasteiger partial charge in [0.1, 0.15) is 11.4 Å². The number of carbonyl (C=O) groups is 1. The standard InChI is InChI=1S/C18H15F3N6O2/c1-11-9-27-15(13-8-22-6-7-23-13)24-25-16(27)17(28)26(11)10-12-4-2-3-5-14(12)29-18(19,20)21/h2-8,11H,9-10H2,1H3. The molecular weight excluding hydrogens is 389 g/mol. The first-order valence-corrected chi connectivity index (χ1v) is 8.67. The van der Waals surface area contributed by atoms with Crippen LogP contribution in [-0.4, -0.2) is 47.9 Å². The van der Waals surface area contributed by atoms with Gasteiger partial charge in [0.25, 0.3) is 5.91 Å². The second-order valence-electron chi connectivity index (χ2n) is 6.49. The van der Waals surface area contributed by atoms with Gasteiger partial charge in [-0.3, -0.25) is 14.3 Å². The number of aromatic nitrogens is 5. The number of benzene rings is 1. The largest absolute Gasteiger partial charge is 0.573 e. The molecule has 3 aromatic rings. The van der Waals surface area contributed by atoms with E-state index in [-0.39, 0.29) is 29.7 Å². The summed E-state index contributed by atoms with van der Waals surface area (Å²) in [5, 5.41) is 8.01. The maximum atomic E-state index is 13.0. The molecule has 0 saturated heterocycles. The van der Waals surface area contributed by atoms with Gasteiger partial charge < -0.3 is 9.64 Å². The highest BCUT2D eigenvalue weighted by Crippen LogP contribution is 2.30. The molecule has 1 aliphatic heterocycles. The number of hydrogen-bond donors (Lipinski definition) is 0. The molecule has 1 unspecified atom stereocenters. The summed E-state index contributed by atoms with van der Waals surface area (Å²) in [6.45, 7) is 2.11. The van der Waals surface area contributed by atoms with Gasteiger partial charge >= 0.3 is 6.36 Å². The van der Waals surface area contributed by atoms with Gasteiger partial charge in [-0.1, -0.05) is 18.2 Å². The summed E-state index contributed by atoms with van der Waals surface area (Å²) in [6, 6.07) is 5.42. The van der Waals surface area contributed by atoms with Crippen LogP contribution in [0, 0.1) is 0 Å². The highest BCUT2D eigenvalue weighted by Gasteiger charge is 2.36. The number of fused-ring (bicyclic) bond motifs is 1. The number of halogens is 3. The summed E-state index contributed by atoms with van der Waals surface area (Å²) in [5.74, 6) is -0.271. The second-order valence-corrected chi connectivity index (χ2v) is 6.49. The minimum absolute atomic E-state index is 0.0560. The van der Waals surface area contributed by atoms with Gasteiger partial charge in [-0.15, -0.1) is 23.4 Å². The van der Waals surface area contributed by atoms with Crippen LogP contribution in [0.3, 0.4) is 0 Å². The zero-order valence-corrected chi connectivity index (χ0v) is 15.2. The van der Waals surface area contributed by atoms with E-state index in [4.69, 9.17) is 0 Å². The van der Waals surface area contributed by atoms with Crippen molar-refractivity contribution in [1.29, 1.82) is 0 Å². The second kappa shape index (κ2) is 7.15. The van der Waals surface area contributed by atoms with E-state index in [2.05, 4.69) is 24.9 Å². The molecule has 2 aromatic heterocycles. The lowest BCUT2D eigenvalue weighted by molar-refractivity contribution is -0.275. The number of rotatable bonds is 4. The Morgan fingerprint density at radius 3 is 2.66 bits per heavy atom. The first kappa shape index (κ1) is 18.8. The number of hydrogen-bond acceptors (Lipinski definition) is 6. The summed E-state index contributed by atoms with van der Waals surface area (Å²) >= 11 is 0. The maximum Gasteiger partial charge on any atom is 0.573 e. The lowest BCUT2D eigenvalue weighted by Gasteiger charge is -2.34. The number of carbonyl (C=O) groups excluding carboxylic acids is 1. The van der Waals surface area contributed by atoms with Crippen molar-refractivity contribution in [1.82, 2.24) is 29.6 Å². The predicted octanol–water partition coefficient (Wildman–Crippen LogP) is 2.68. The summed E-state index contributed by atoms with van der Waals surface area (Å²) in [7, 11) is 0. The van der Waals surface area contributed by atoms with Crippen LogP contribution in [0.25, 0.3) is 11.5 Å². The fourth-order valence-corrected chi connectivity index (χ4v) is 3.20. The molecule has 8 nitrogen and oxygen atoms in total. The zero-order valence-electron chi connectivity index (χ0n) is 15.2. The smallest absolute Gasteiger partial charge is 0.405 e. The minimum atomic E-state index is -4.82. The highest BCUT2D eigenvalue weighted by molar-refractivity contribution is 5.92. The van der Waals surface area contributed by atoms with E-state index < -0.39 is 12.3 Å². The Labute approximate surface area is 163 Å². The van der Waals surface area contributed by atoms with Gasteiger partial charge in [-0.25, -0.2) is 4.98 Å². The third-order valence-corrected chi connectivity index (χ3v) is 4.51. The SMILES string of the molecule is CC1Cn2c(nnc2-c2cnccn2)C(=O)N1Cc1ccccc1OC(F)(F)F. The molecule has 0 N–H and O–H groups in total. The van der Waals surface area contributed by atoms with Crippen molar-refractivity contribution in [2.45, 2.75) is 32.4 Å². The van der Waals surface area contributed by atoms with E-state index in [9.17, 15) is 18.0 Å². The van der Waals surface area contributed by atoms with Crippen LogP contribution in [0.5, 0.6) is 5.75 Å². The maximum absolute atomic E-state index is 13.0. The summed E-state index contributed by atoms with van der Waals surface area (Å²) in [6.07, 6.45) is -0.273. The van der Waals surface area contributed by atoms with E-state index >= 15 is 0 Å². The normalized spacial score (nSPS) is 16.6. The van der Waals surface area contributed by atoms with Crippen LogP contribution in [0.2, 0.25) is 0 Å². The molecule has 3 heterocycles. The molecule has 4 rings (SSSR count). The molecule has 1 aromatic carbocycles. The summed E-state index contributed by atoms with van der Waals surface area (Å²) in [4.78, 5) is 22.6. The number of amides is 1. The Hall–Kier alpha value is -3.50. The van der Waals surface area contributed by atoms with Gasteiger partial charge in [0, 0.05) is 30.5 Å². The van der Waals surface area contributed by atoms with Crippen molar-refractivity contribution < 1.29 is 22.7 Å². The Morgan fingerprint density at radius 1 is 1.17 bits per heavy atom. The first-order valence-electron chi connectivity index (χ1n) is 8.67. The summed E-state index contributed by atoms with van der Waals surface area (Å²) < 4.78 is 43.8. The summed E-state index contributed by atoms with van der Waals surface area (Å²) in [5.41, 5.74) is 0.718. The van der Waals surface area contributed by atoms with Crippen LogP contribution in [0.1, 0.15) is 23.1 Å². The highest BCUT2D eigenvalue weighted by atomic mass is 19.4. The molecule has 1 atom stereocenters. The van der Waals surface area contributed by atoms with Crippen molar-refractivity contribution in [3.63, 3.8) is 0 Å². The topological polar surface area (TPSA) is 86.0 Å². The molecular formula is C18H15F3N6O2. The van der Waals surface area contributed by atoms with Crippen LogP contribution < -0.4 is 4.74 Å². The van der Waals surface area contributed by atoms with Crippen LogP contribution >= 0.6 is 0 Å². The van der Waals surface area contributed by atoms with Gasteiger partial charge in [0.15, 0.2) is 5.82 Å². The van der Waals surface area contributed by atoms with Crippen molar-refractivity contribution >= 4 is 5.91 Å². The van der Waals surface area contributed by atoms with E-state index in [1.165, 1.54) is 41.7 Å². The fourth-order valence-electron chi connectivity index (χ4n) is 3.20. The quantitative estimate of drug-likeness (QED) is 0.665. The molecule has 29 heavy (non-hydrogen) atoms. The number of alkyl halides is 3. The van der Waals surface area contributed by atoms with Gasteiger partial charge in [-0.2, -0.15) is 0 Å². The number of nitrogens with zero attached hydrogens (tertiary/aromatic N) is 6. The lowest BCUT2D eigenvalue weighted by atomic mass is 10.1. The Bertz CT molecular complexity index is 1040.